The second kappa shape index (κ2) is 7.94. The van der Waals surface area contributed by atoms with Crippen LogP contribution in [0.2, 0.25) is 0 Å². The lowest BCUT2D eigenvalue weighted by Gasteiger charge is -2.04. The molecule has 0 aliphatic rings. The van der Waals surface area contributed by atoms with Crippen LogP contribution in [0.15, 0.2) is 53.9 Å². The summed E-state index contributed by atoms with van der Waals surface area (Å²) in [6.07, 6.45) is 2.22. The van der Waals surface area contributed by atoms with E-state index in [1.165, 1.54) is 16.9 Å². The maximum absolute atomic E-state index is 12.3. The predicted octanol–water partition coefficient (Wildman–Crippen LogP) is 5.02. The van der Waals surface area contributed by atoms with Crippen LogP contribution in [0.1, 0.15) is 29.3 Å². The largest absolute Gasteiger partial charge is 0.497 e. The lowest BCUT2D eigenvalue weighted by atomic mass is 10.1. The van der Waals surface area contributed by atoms with Crippen LogP contribution in [-0.4, -0.2) is 18.0 Å². The van der Waals surface area contributed by atoms with E-state index in [1.54, 1.807) is 31.4 Å². The molecule has 3 aromatic rings. The standard InChI is InChI=1S/C20H20N2O2S/c1-3-5-14-8-10-15(11-9-14)18-13-25-20(21-18)22-19(23)16-6-4-7-17(12-16)24-2/h4,6-13H,3,5H2,1-2H3,(H,21,22,23). The van der Waals surface area contributed by atoms with Crippen molar-refractivity contribution in [2.75, 3.05) is 12.4 Å². The summed E-state index contributed by atoms with van der Waals surface area (Å²) in [7, 11) is 1.58. The first-order chi connectivity index (χ1) is 12.2. The average molecular weight is 352 g/mol. The van der Waals surface area contributed by atoms with Crippen molar-refractivity contribution in [1.29, 1.82) is 0 Å². The van der Waals surface area contributed by atoms with Gasteiger partial charge in [-0.05, 0) is 30.2 Å². The number of nitrogens with zero attached hydrogens (tertiary/aromatic N) is 1. The number of thiazole rings is 1. The Balaban J connectivity index is 1.71. The number of hydrogen-bond acceptors (Lipinski definition) is 4. The highest BCUT2D eigenvalue weighted by molar-refractivity contribution is 7.14. The molecule has 0 atom stereocenters. The molecule has 1 N–H and O–H groups in total. The fourth-order valence-corrected chi connectivity index (χ4v) is 3.24. The summed E-state index contributed by atoms with van der Waals surface area (Å²) in [5.41, 5.74) is 3.79. The van der Waals surface area contributed by atoms with Crippen LogP contribution in [0, 0.1) is 0 Å². The van der Waals surface area contributed by atoms with E-state index in [2.05, 4.69) is 41.5 Å². The molecule has 0 aliphatic heterocycles. The van der Waals surface area contributed by atoms with E-state index >= 15 is 0 Å². The summed E-state index contributed by atoms with van der Waals surface area (Å²) < 4.78 is 5.15. The molecular formula is C20H20N2O2S. The van der Waals surface area contributed by atoms with Gasteiger partial charge in [-0.2, -0.15) is 0 Å². The van der Waals surface area contributed by atoms with Crippen LogP contribution >= 0.6 is 11.3 Å². The molecule has 5 heteroatoms. The van der Waals surface area contributed by atoms with Crippen LogP contribution in [0.5, 0.6) is 5.75 Å². The van der Waals surface area contributed by atoms with Crippen molar-refractivity contribution in [3.8, 4) is 17.0 Å². The van der Waals surface area contributed by atoms with E-state index in [-0.39, 0.29) is 5.91 Å². The Bertz CT molecular complexity index is 856. The number of nitrogens with one attached hydrogen (secondary N) is 1. The third-order valence-corrected chi connectivity index (χ3v) is 4.60. The third-order valence-electron chi connectivity index (χ3n) is 3.84. The van der Waals surface area contributed by atoms with Crippen molar-refractivity contribution in [2.24, 2.45) is 0 Å². The van der Waals surface area contributed by atoms with Gasteiger partial charge in [0.1, 0.15) is 5.75 Å². The highest BCUT2D eigenvalue weighted by atomic mass is 32.1. The normalized spacial score (nSPS) is 10.5. The summed E-state index contributed by atoms with van der Waals surface area (Å²) in [5.74, 6) is 0.456. The summed E-state index contributed by atoms with van der Waals surface area (Å²) in [6.45, 7) is 2.17. The molecule has 1 heterocycles. The van der Waals surface area contributed by atoms with Gasteiger partial charge in [-0.15, -0.1) is 11.3 Å². The molecule has 0 radical (unpaired) electrons. The van der Waals surface area contributed by atoms with Gasteiger partial charge in [-0.25, -0.2) is 4.98 Å². The summed E-state index contributed by atoms with van der Waals surface area (Å²) >= 11 is 1.42. The van der Waals surface area contributed by atoms with E-state index in [0.717, 1.165) is 24.1 Å². The summed E-state index contributed by atoms with van der Waals surface area (Å²) in [5, 5.41) is 5.38. The minimum atomic E-state index is -0.196. The number of rotatable bonds is 6. The molecule has 0 spiro atoms. The Labute approximate surface area is 151 Å². The van der Waals surface area contributed by atoms with Crippen molar-refractivity contribution < 1.29 is 9.53 Å². The van der Waals surface area contributed by atoms with Gasteiger partial charge in [0.25, 0.3) is 5.91 Å². The van der Waals surface area contributed by atoms with Crippen molar-refractivity contribution in [1.82, 2.24) is 4.98 Å². The monoisotopic (exact) mass is 352 g/mol. The van der Waals surface area contributed by atoms with Gasteiger partial charge in [0, 0.05) is 16.5 Å². The van der Waals surface area contributed by atoms with Crippen molar-refractivity contribution in [3.05, 3.63) is 65.0 Å². The zero-order valence-electron chi connectivity index (χ0n) is 14.3. The number of methoxy groups -OCH3 is 1. The topological polar surface area (TPSA) is 51.2 Å². The molecule has 128 valence electrons. The number of carbonyl (C=O) groups is 1. The Morgan fingerprint density at radius 2 is 2.00 bits per heavy atom. The highest BCUT2D eigenvalue weighted by Crippen LogP contribution is 2.26. The molecule has 0 unspecified atom stereocenters. The molecule has 0 saturated heterocycles. The Morgan fingerprint density at radius 3 is 2.72 bits per heavy atom. The number of carbonyl (C=O) groups excluding carboxylic acids is 1. The van der Waals surface area contributed by atoms with Gasteiger partial charge >= 0.3 is 0 Å². The zero-order chi connectivity index (χ0) is 17.6. The Morgan fingerprint density at radius 1 is 1.20 bits per heavy atom. The SMILES string of the molecule is CCCc1ccc(-c2csc(NC(=O)c3cccc(OC)c3)n2)cc1. The number of anilines is 1. The Hall–Kier alpha value is -2.66. The quantitative estimate of drug-likeness (QED) is 0.677. The van der Waals surface area contributed by atoms with Crippen molar-refractivity contribution in [3.63, 3.8) is 0 Å². The van der Waals surface area contributed by atoms with Crippen LogP contribution in [0.3, 0.4) is 0 Å². The molecule has 2 aromatic carbocycles. The van der Waals surface area contributed by atoms with Gasteiger partial charge in [-0.1, -0.05) is 43.7 Å². The van der Waals surface area contributed by atoms with E-state index in [1.807, 2.05) is 5.38 Å². The fourth-order valence-electron chi connectivity index (χ4n) is 2.53. The maximum atomic E-state index is 12.3. The zero-order valence-corrected chi connectivity index (χ0v) is 15.1. The first kappa shape index (κ1) is 17.2. The van der Waals surface area contributed by atoms with Crippen LogP contribution < -0.4 is 10.1 Å². The number of amides is 1. The van der Waals surface area contributed by atoms with Crippen molar-refractivity contribution >= 4 is 22.4 Å². The first-order valence-corrected chi connectivity index (χ1v) is 9.08. The molecule has 0 saturated carbocycles. The molecule has 0 fully saturated rings. The summed E-state index contributed by atoms with van der Waals surface area (Å²) in [4.78, 5) is 16.9. The van der Waals surface area contributed by atoms with Gasteiger partial charge in [0.2, 0.25) is 0 Å². The molecule has 0 aliphatic carbocycles. The number of hydrogen-bond donors (Lipinski definition) is 1. The van der Waals surface area contributed by atoms with Gasteiger partial charge in [0.15, 0.2) is 5.13 Å². The second-order valence-corrected chi connectivity index (χ2v) is 6.53. The number of ether oxygens (including phenoxy) is 1. The molecule has 25 heavy (non-hydrogen) atoms. The minimum absolute atomic E-state index is 0.196. The number of aryl methyl sites for hydroxylation is 1. The first-order valence-electron chi connectivity index (χ1n) is 8.20. The smallest absolute Gasteiger partial charge is 0.257 e. The van der Waals surface area contributed by atoms with E-state index < -0.39 is 0 Å². The van der Waals surface area contributed by atoms with Crippen molar-refractivity contribution in [2.45, 2.75) is 19.8 Å². The van der Waals surface area contributed by atoms with E-state index in [4.69, 9.17) is 4.74 Å². The molecule has 1 aromatic heterocycles. The number of aromatic nitrogens is 1. The second-order valence-electron chi connectivity index (χ2n) is 5.67. The molecule has 3 rings (SSSR count). The van der Waals surface area contributed by atoms with Gasteiger partial charge in [-0.3, -0.25) is 10.1 Å². The highest BCUT2D eigenvalue weighted by Gasteiger charge is 2.11. The average Bonchev–Trinajstić information content (AvgIpc) is 3.11. The van der Waals surface area contributed by atoms with Crippen LogP contribution in [0.25, 0.3) is 11.3 Å². The van der Waals surface area contributed by atoms with Gasteiger partial charge < -0.3 is 4.74 Å². The van der Waals surface area contributed by atoms with Crippen LogP contribution in [-0.2, 0) is 6.42 Å². The number of benzene rings is 2. The van der Waals surface area contributed by atoms with Crippen LogP contribution in [0.4, 0.5) is 5.13 Å². The minimum Gasteiger partial charge on any atom is -0.497 e. The molecule has 0 bridgehead atoms. The van der Waals surface area contributed by atoms with Gasteiger partial charge in [0.05, 0.1) is 12.8 Å². The Kier molecular flexibility index (Phi) is 5.46. The summed E-state index contributed by atoms with van der Waals surface area (Å²) in [6, 6.07) is 15.5. The van der Waals surface area contributed by atoms with E-state index in [9.17, 15) is 4.79 Å². The molecule has 1 amide bonds. The predicted molar refractivity (Wildman–Crippen MR) is 102 cm³/mol. The van der Waals surface area contributed by atoms with E-state index in [0.29, 0.717) is 16.4 Å². The maximum Gasteiger partial charge on any atom is 0.257 e. The molecular weight excluding hydrogens is 332 g/mol. The lowest BCUT2D eigenvalue weighted by Crippen LogP contribution is -2.11. The lowest BCUT2D eigenvalue weighted by molar-refractivity contribution is 0.102. The third kappa shape index (κ3) is 4.25. The fraction of sp³-hybridized carbons (Fsp3) is 0.200. The molecule has 4 nitrogen and oxygen atoms in total.